The lowest BCUT2D eigenvalue weighted by atomic mass is 10.2. The minimum absolute atomic E-state index is 0.143. The number of esters is 1. The molecule has 1 heterocycles. The van der Waals surface area contributed by atoms with Gasteiger partial charge in [0.05, 0.1) is 17.7 Å². The van der Waals surface area contributed by atoms with E-state index in [1.54, 1.807) is 20.8 Å². The minimum atomic E-state index is -4.42. The molecule has 0 N–H and O–H groups in total. The molecular formula is C12H14F3NO2. The van der Waals surface area contributed by atoms with Crippen molar-refractivity contribution in [3.8, 4) is 0 Å². The summed E-state index contributed by atoms with van der Waals surface area (Å²) in [5, 5.41) is 0. The second-order valence-corrected chi connectivity index (χ2v) is 4.80. The number of hydrogen-bond acceptors (Lipinski definition) is 3. The molecule has 0 aliphatic carbocycles. The van der Waals surface area contributed by atoms with Gasteiger partial charge in [0.1, 0.15) is 5.60 Å². The molecule has 3 nitrogen and oxygen atoms in total. The Labute approximate surface area is 103 Å². The van der Waals surface area contributed by atoms with Crippen molar-refractivity contribution < 1.29 is 22.7 Å². The second-order valence-electron chi connectivity index (χ2n) is 4.80. The van der Waals surface area contributed by atoms with Gasteiger partial charge in [-0.3, -0.25) is 9.78 Å². The summed E-state index contributed by atoms with van der Waals surface area (Å²) in [4.78, 5) is 15.0. The molecule has 100 valence electrons. The standard InChI is InChI=1S/C12H14F3NO2/c1-11(2,3)18-10(17)6-9-5-4-8(7-16-9)12(13,14)15/h4-5,7H,6H2,1-3H3. The molecule has 0 atom stereocenters. The average Bonchev–Trinajstić information content (AvgIpc) is 2.13. The number of halogens is 3. The van der Waals surface area contributed by atoms with Gasteiger partial charge in [0, 0.05) is 6.20 Å². The first-order valence-electron chi connectivity index (χ1n) is 5.32. The second kappa shape index (κ2) is 4.96. The van der Waals surface area contributed by atoms with Crippen LogP contribution in [0.3, 0.4) is 0 Å². The molecule has 0 saturated carbocycles. The lowest BCUT2D eigenvalue weighted by Crippen LogP contribution is -2.25. The Balaban J connectivity index is 2.67. The van der Waals surface area contributed by atoms with Crippen molar-refractivity contribution in [3.05, 3.63) is 29.6 Å². The van der Waals surface area contributed by atoms with Crippen molar-refractivity contribution in [3.63, 3.8) is 0 Å². The maximum Gasteiger partial charge on any atom is 0.417 e. The van der Waals surface area contributed by atoms with E-state index in [-0.39, 0.29) is 12.1 Å². The van der Waals surface area contributed by atoms with Gasteiger partial charge in [-0.15, -0.1) is 0 Å². The third kappa shape index (κ3) is 4.73. The molecule has 6 heteroatoms. The topological polar surface area (TPSA) is 39.2 Å². The molecule has 0 saturated heterocycles. The lowest BCUT2D eigenvalue weighted by Gasteiger charge is -2.19. The zero-order chi connectivity index (χ0) is 14.0. The maximum absolute atomic E-state index is 12.3. The molecule has 0 aliphatic rings. The molecule has 1 rings (SSSR count). The molecular weight excluding hydrogens is 247 g/mol. The number of carbonyl (C=O) groups is 1. The van der Waals surface area contributed by atoms with Gasteiger partial charge >= 0.3 is 12.1 Å². The van der Waals surface area contributed by atoms with Crippen LogP contribution in [-0.4, -0.2) is 16.6 Å². The third-order valence-electron chi connectivity index (χ3n) is 1.90. The summed E-state index contributed by atoms with van der Waals surface area (Å²) in [6, 6.07) is 2.07. The number of pyridine rings is 1. The van der Waals surface area contributed by atoms with Gasteiger partial charge in [0.25, 0.3) is 0 Å². The van der Waals surface area contributed by atoms with E-state index in [4.69, 9.17) is 4.74 Å². The zero-order valence-electron chi connectivity index (χ0n) is 10.3. The largest absolute Gasteiger partial charge is 0.460 e. The third-order valence-corrected chi connectivity index (χ3v) is 1.90. The molecule has 0 amide bonds. The number of rotatable bonds is 2. The van der Waals surface area contributed by atoms with Crippen molar-refractivity contribution in [1.82, 2.24) is 4.98 Å². The van der Waals surface area contributed by atoms with Crippen LogP contribution in [0.25, 0.3) is 0 Å². The van der Waals surface area contributed by atoms with E-state index in [0.717, 1.165) is 6.07 Å². The molecule has 18 heavy (non-hydrogen) atoms. The average molecular weight is 261 g/mol. The van der Waals surface area contributed by atoms with E-state index >= 15 is 0 Å². The highest BCUT2D eigenvalue weighted by Crippen LogP contribution is 2.28. The van der Waals surface area contributed by atoms with Crippen LogP contribution >= 0.6 is 0 Å². The maximum atomic E-state index is 12.3. The highest BCUT2D eigenvalue weighted by Gasteiger charge is 2.30. The van der Waals surface area contributed by atoms with Crippen LogP contribution in [0.15, 0.2) is 18.3 Å². The van der Waals surface area contributed by atoms with Gasteiger partial charge < -0.3 is 4.74 Å². The normalized spacial score (nSPS) is 12.3. The van der Waals surface area contributed by atoms with Gasteiger partial charge in [0.15, 0.2) is 0 Å². The van der Waals surface area contributed by atoms with Crippen LogP contribution in [0.2, 0.25) is 0 Å². The highest BCUT2D eigenvalue weighted by atomic mass is 19.4. The van der Waals surface area contributed by atoms with E-state index in [1.165, 1.54) is 6.07 Å². The smallest absolute Gasteiger partial charge is 0.417 e. The zero-order valence-corrected chi connectivity index (χ0v) is 10.3. The van der Waals surface area contributed by atoms with E-state index in [2.05, 4.69) is 4.98 Å². The first kappa shape index (κ1) is 14.5. The summed E-state index contributed by atoms with van der Waals surface area (Å²) in [5.74, 6) is -0.519. The van der Waals surface area contributed by atoms with Gasteiger partial charge in [0.2, 0.25) is 0 Å². The Morgan fingerprint density at radius 1 is 1.28 bits per heavy atom. The van der Waals surface area contributed by atoms with Gasteiger partial charge in [-0.2, -0.15) is 13.2 Å². The van der Waals surface area contributed by atoms with Crippen molar-refractivity contribution in [2.45, 2.75) is 39.0 Å². The summed E-state index contributed by atoms with van der Waals surface area (Å²) in [7, 11) is 0. The lowest BCUT2D eigenvalue weighted by molar-refractivity contribution is -0.154. The molecule has 0 aliphatic heterocycles. The summed E-state index contributed by atoms with van der Waals surface area (Å²) in [6.07, 6.45) is -3.85. The van der Waals surface area contributed by atoms with Crippen molar-refractivity contribution in [2.75, 3.05) is 0 Å². The monoisotopic (exact) mass is 261 g/mol. The molecule has 0 radical (unpaired) electrons. The van der Waals surface area contributed by atoms with E-state index in [9.17, 15) is 18.0 Å². The number of aromatic nitrogens is 1. The Bertz CT molecular complexity index is 418. The predicted octanol–water partition coefficient (Wildman–Crippen LogP) is 2.98. The van der Waals surface area contributed by atoms with Crippen molar-refractivity contribution in [1.29, 1.82) is 0 Å². The first-order chi connectivity index (χ1) is 8.08. The highest BCUT2D eigenvalue weighted by molar-refractivity contribution is 5.72. The molecule has 0 fully saturated rings. The van der Waals surface area contributed by atoms with Crippen LogP contribution in [-0.2, 0) is 22.1 Å². The van der Waals surface area contributed by atoms with E-state index < -0.39 is 23.3 Å². The Kier molecular flexibility index (Phi) is 3.98. The number of alkyl halides is 3. The van der Waals surface area contributed by atoms with Gasteiger partial charge in [-0.1, -0.05) is 0 Å². The number of carbonyl (C=O) groups excluding carboxylic acids is 1. The van der Waals surface area contributed by atoms with Crippen LogP contribution in [0, 0.1) is 0 Å². The van der Waals surface area contributed by atoms with Gasteiger partial charge in [-0.05, 0) is 32.9 Å². The number of ether oxygens (including phenoxy) is 1. The first-order valence-corrected chi connectivity index (χ1v) is 5.32. The number of nitrogens with zero attached hydrogens (tertiary/aromatic N) is 1. The molecule has 0 bridgehead atoms. The van der Waals surface area contributed by atoms with Crippen molar-refractivity contribution in [2.24, 2.45) is 0 Å². The van der Waals surface area contributed by atoms with Crippen LogP contribution in [0.4, 0.5) is 13.2 Å². The minimum Gasteiger partial charge on any atom is -0.460 e. The predicted molar refractivity (Wildman–Crippen MR) is 58.8 cm³/mol. The van der Waals surface area contributed by atoms with Crippen LogP contribution in [0.1, 0.15) is 32.0 Å². The summed E-state index contributed by atoms with van der Waals surface area (Å²) < 4.78 is 41.9. The molecule has 0 unspecified atom stereocenters. The fourth-order valence-corrected chi connectivity index (χ4v) is 1.22. The fraction of sp³-hybridized carbons (Fsp3) is 0.500. The Hall–Kier alpha value is -1.59. The van der Waals surface area contributed by atoms with Crippen LogP contribution in [0.5, 0.6) is 0 Å². The van der Waals surface area contributed by atoms with E-state index in [1.807, 2.05) is 0 Å². The number of hydrogen-bond donors (Lipinski definition) is 0. The Morgan fingerprint density at radius 3 is 2.28 bits per heavy atom. The quantitative estimate of drug-likeness (QED) is 0.768. The van der Waals surface area contributed by atoms with E-state index in [0.29, 0.717) is 6.20 Å². The Morgan fingerprint density at radius 2 is 1.89 bits per heavy atom. The molecule has 0 aromatic carbocycles. The summed E-state index contributed by atoms with van der Waals surface area (Å²) in [6.45, 7) is 5.14. The van der Waals surface area contributed by atoms with Crippen LogP contribution < -0.4 is 0 Å². The van der Waals surface area contributed by atoms with Crippen molar-refractivity contribution >= 4 is 5.97 Å². The van der Waals surface area contributed by atoms with Gasteiger partial charge in [-0.25, -0.2) is 0 Å². The molecule has 1 aromatic rings. The molecule has 0 spiro atoms. The fourth-order valence-electron chi connectivity index (χ4n) is 1.22. The SMILES string of the molecule is CC(C)(C)OC(=O)Cc1ccc(C(F)(F)F)cn1. The molecule has 1 aromatic heterocycles. The summed E-state index contributed by atoms with van der Waals surface area (Å²) in [5.41, 5.74) is -1.21. The summed E-state index contributed by atoms with van der Waals surface area (Å²) >= 11 is 0.